The lowest BCUT2D eigenvalue weighted by Crippen LogP contribution is -2.37. The van der Waals surface area contributed by atoms with Crippen LogP contribution < -0.4 is 0 Å². The molecule has 1 amide bonds. The number of fused-ring (bicyclic) bond motifs is 1. The van der Waals surface area contributed by atoms with Gasteiger partial charge in [-0.25, -0.2) is 0 Å². The first kappa shape index (κ1) is 14.4. The molecule has 3 aromatic heterocycles. The van der Waals surface area contributed by atoms with Crippen LogP contribution >= 0.6 is 11.3 Å². The van der Waals surface area contributed by atoms with E-state index >= 15 is 0 Å². The fraction of sp³-hybridized carbons (Fsp3) is 0.438. The molecule has 1 fully saturated rings. The summed E-state index contributed by atoms with van der Waals surface area (Å²) in [4.78, 5) is 16.8. The Balaban J connectivity index is 1.60. The molecule has 0 aliphatic carbocycles. The van der Waals surface area contributed by atoms with Crippen molar-refractivity contribution in [1.29, 1.82) is 0 Å². The highest BCUT2D eigenvalue weighted by Crippen LogP contribution is 2.30. The fourth-order valence-corrected chi connectivity index (χ4v) is 4.45. The second-order valence-corrected chi connectivity index (χ2v) is 7.09. The number of aryl methyl sites for hydroxylation is 2. The number of aromatic nitrogens is 4. The number of hydrogen-bond donors (Lipinski definition) is 0. The van der Waals surface area contributed by atoms with Crippen LogP contribution in [-0.4, -0.2) is 43.0 Å². The van der Waals surface area contributed by atoms with Gasteiger partial charge < -0.3 is 4.90 Å². The summed E-state index contributed by atoms with van der Waals surface area (Å²) in [6.45, 7) is 3.58. The zero-order valence-corrected chi connectivity index (χ0v) is 14.1. The third kappa shape index (κ3) is 2.45. The minimum atomic E-state index is 0.139. The van der Waals surface area contributed by atoms with Crippen molar-refractivity contribution in [3.63, 3.8) is 0 Å². The summed E-state index contributed by atoms with van der Waals surface area (Å²) in [5.74, 6) is 0.139. The minimum Gasteiger partial charge on any atom is -0.333 e. The summed E-state index contributed by atoms with van der Waals surface area (Å²) in [6.07, 6.45) is 5.83. The van der Waals surface area contributed by atoms with Crippen molar-refractivity contribution in [2.45, 2.75) is 32.4 Å². The fourth-order valence-electron chi connectivity index (χ4n) is 3.37. The van der Waals surface area contributed by atoms with Crippen molar-refractivity contribution in [1.82, 2.24) is 24.5 Å². The predicted molar refractivity (Wildman–Crippen MR) is 89.6 cm³/mol. The molecule has 0 saturated carbocycles. The Morgan fingerprint density at radius 3 is 3.09 bits per heavy atom. The van der Waals surface area contributed by atoms with E-state index in [1.807, 2.05) is 46.6 Å². The van der Waals surface area contributed by atoms with Crippen molar-refractivity contribution in [3.05, 3.63) is 35.1 Å². The van der Waals surface area contributed by atoms with Crippen molar-refractivity contribution < 1.29 is 4.79 Å². The molecular formula is C16H19N5OS. The Bertz CT molecular complexity index is 813. The number of nitrogens with zero attached hydrogens (tertiary/aromatic N) is 5. The van der Waals surface area contributed by atoms with Gasteiger partial charge in [-0.3, -0.25) is 14.2 Å². The monoisotopic (exact) mass is 329 g/mol. The van der Waals surface area contributed by atoms with E-state index in [1.165, 1.54) is 11.3 Å². The minimum absolute atomic E-state index is 0.139. The molecule has 1 aliphatic heterocycles. The van der Waals surface area contributed by atoms with Gasteiger partial charge >= 0.3 is 0 Å². The number of hydrogen-bond acceptors (Lipinski definition) is 4. The van der Waals surface area contributed by atoms with E-state index in [1.54, 1.807) is 6.20 Å². The SMILES string of the molecule is Cc1nn(C)c2sc(C(=O)N3CCC[C@@H]3Cn3cccn3)cc12. The van der Waals surface area contributed by atoms with Crippen molar-refractivity contribution in [2.24, 2.45) is 7.05 Å². The number of carbonyl (C=O) groups is 1. The standard InChI is InChI=1S/C16H19N5OS/c1-11-13-9-14(23-16(13)19(2)18-11)15(22)21-8-3-5-12(21)10-20-7-4-6-17-20/h4,6-7,9,12H,3,5,8,10H2,1-2H3/t12-/m1/s1. The molecule has 0 unspecified atom stereocenters. The first-order valence-corrected chi connectivity index (χ1v) is 8.66. The third-order valence-corrected chi connectivity index (χ3v) is 5.69. The maximum Gasteiger partial charge on any atom is 0.264 e. The number of thiophene rings is 1. The lowest BCUT2D eigenvalue weighted by atomic mass is 10.2. The molecule has 4 rings (SSSR count). The summed E-state index contributed by atoms with van der Waals surface area (Å²) in [5.41, 5.74) is 0.979. The summed E-state index contributed by atoms with van der Waals surface area (Å²) in [6, 6.07) is 4.14. The molecular weight excluding hydrogens is 310 g/mol. The van der Waals surface area contributed by atoms with Crippen LogP contribution in [0, 0.1) is 6.92 Å². The van der Waals surface area contributed by atoms with Gasteiger partial charge in [0.1, 0.15) is 4.83 Å². The Morgan fingerprint density at radius 2 is 2.35 bits per heavy atom. The van der Waals surface area contributed by atoms with Crippen molar-refractivity contribution >= 4 is 27.5 Å². The van der Waals surface area contributed by atoms with E-state index in [0.29, 0.717) is 0 Å². The normalized spacial score (nSPS) is 18.2. The van der Waals surface area contributed by atoms with Crippen molar-refractivity contribution in [2.75, 3.05) is 6.54 Å². The smallest absolute Gasteiger partial charge is 0.264 e. The van der Waals surface area contributed by atoms with Crippen LogP contribution in [0.4, 0.5) is 0 Å². The Labute approximate surface area is 138 Å². The van der Waals surface area contributed by atoms with Crippen LogP contribution in [0.3, 0.4) is 0 Å². The molecule has 3 aromatic rings. The number of likely N-dealkylation sites (tertiary alicyclic amines) is 1. The maximum absolute atomic E-state index is 13.0. The maximum atomic E-state index is 13.0. The molecule has 1 aliphatic rings. The largest absolute Gasteiger partial charge is 0.333 e. The van der Waals surface area contributed by atoms with Crippen LogP contribution in [0.2, 0.25) is 0 Å². The predicted octanol–water partition coefficient (Wildman–Crippen LogP) is 2.44. The topological polar surface area (TPSA) is 56.0 Å². The van der Waals surface area contributed by atoms with E-state index in [9.17, 15) is 4.79 Å². The van der Waals surface area contributed by atoms with E-state index < -0.39 is 0 Å². The van der Waals surface area contributed by atoms with Gasteiger partial charge in [0.25, 0.3) is 5.91 Å². The summed E-state index contributed by atoms with van der Waals surface area (Å²) in [5, 5.41) is 9.76. The molecule has 1 saturated heterocycles. The molecule has 7 heteroatoms. The van der Waals surface area contributed by atoms with Crippen LogP contribution in [0.1, 0.15) is 28.2 Å². The molecule has 4 heterocycles. The van der Waals surface area contributed by atoms with E-state index in [-0.39, 0.29) is 11.9 Å². The third-order valence-electron chi connectivity index (χ3n) is 4.50. The summed E-state index contributed by atoms with van der Waals surface area (Å²) < 4.78 is 3.77. The highest BCUT2D eigenvalue weighted by molar-refractivity contribution is 7.20. The van der Waals surface area contributed by atoms with Gasteiger partial charge in [0.15, 0.2) is 0 Å². The van der Waals surface area contributed by atoms with Gasteiger partial charge in [-0.05, 0) is 31.9 Å². The summed E-state index contributed by atoms with van der Waals surface area (Å²) >= 11 is 1.54. The van der Waals surface area contributed by atoms with Crippen LogP contribution in [0.5, 0.6) is 0 Å². The van der Waals surface area contributed by atoms with Crippen LogP contribution in [0.25, 0.3) is 10.2 Å². The van der Waals surface area contributed by atoms with Crippen LogP contribution in [0.15, 0.2) is 24.5 Å². The molecule has 0 spiro atoms. The molecule has 1 atom stereocenters. The van der Waals surface area contributed by atoms with Gasteiger partial charge in [0.05, 0.1) is 23.2 Å². The van der Waals surface area contributed by atoms with E-state index in [4.69, 9.17) is 0 Å². The molecule has 0 bridgehead atoms. The lowest BCUT2D eigenvalue weighted by Gasteiger charge is -2.24. The van der Waals surface area contributed by atoms with Gasteiger partial charge in [-0.1, -0.05) is 0 Å². The van der Waals surface area contributed by atoms with E-state index in [0.717, 1.165) is 46.7 Å². The van der Waals surface area contributed by atoms with Gasteiger partial charge in [-0.2, -0.15) is 10.2 Å². The average Bonchev–Trinajstić information content (AvgIpc) is 3.28. The molecule has 6 nitrogen and oxygen atoms in total. The molecule has 23 heavy (non-hydrogen) atoms. The zero-order valence-electron chi connectivity index (χ0n) is 13.3. The lowest BCUT2D eigenvalue weighted by molar-refractivity contribution is 0.0726. The molecule has 0 N–H and O–H groups in total. The second-order valence-electron chi connectivity index (χ2n) is 6.06. The number of rotatable bonds is 3. The van der Waals surface area contributed by atoms with Gasteiger partial charge in [-0.15, -0.1) is 11.3 Å². The van der Waals surface area contributed by atoms with E-state index in [2.05, 4.69) is 10.2 Å². The number of amides is 1. The summed E-state index contributed by atoms with van der Waals surface area (Å²) in [7, 11) is 1.93. The zero-order chi connectivity index (χ0) is 16.0. The second kappa shape index (κ2) is 5.49. The first-order chi connectivity index (χ1) is 11.1. The van der Waals surface area contributed by atoms with Gasteiger partial charge in [0.2, 0.25) is 0 Å². The first-order valence-electron chi connectivity index (χ1n) is 7.85. The molecule has 0 aromatic carbocycles. The average molecular weight is 329 g/mol. The van der Waals surface area contributed by atoms with Crippen molar-refractivity contribution in [3.8, 4) is 0 Å². The number of carbonyl (C=O) groups excluding carboxylic acids is 1. The quantitative estimate of drug-likeness (QED) is 0.741. The highest BCUT2D eigenvalue weighted by Gasteiger charge is 2.31. The van der Waals surface area contributed by atoms with Crippen LogP contribution in [-0.2, 0) is 13.6 Å². The molecule has 0 radical (unpaired) electrons. The Morgan fingerprint density at radius 1 is 1.48 bits per heavy atom. The van der Waals surface area contributed by atoms with Gasteiger partial charge in [0, 0.05) is 31.4 Å². The highest BCUT2D eigenvalue weighted by atomic mass is 32.1. The molecule has 120 valence electrons. The Hall–Kier alpha value is -2.15. The Kier molecular flexibility index (Phi) is 3.45.